The molecule has 108 valence electrons. The van der Waals surface area contributed by atoms with E-state index in [1.807, 2.05) is 12.1 Å². The van der Waals surface area contributed by atoms with E-state index in [0.717, 1.165) is 5.56 Å². The topological polar surface area (TPSA) is 26.0 Å². The van der Waals surface area contributed by atoms with Gasteiger partial charge in [0.05, 0.1) is 5.54 Å². The lowest BCUT2D eigenvalue weighted by Gasteiger charge is -2.39. The highest BCUT2D eigenvalue weighted by Crippen LogP contribution is 2.39. The first-order valence-corrected chi connectivity index (χ1v) is 7.30. The van der Waals surface area contributed by atoms with Gasteiger partial charge in [-0.3, -0.25) is 0 Å². The van der Waals surface area contributed by atoms with Crippen molar-refractivity contribution in [3.8, 4) is 0 Å². The molecule has 2 unspecified atom stereocenters. The van der Waals surface area contributed by atoms with Gasteiger partial charge in [0.1, 0.15) is 5.82 Å². The van der Waals surface area contributed by atoms with Gasteiger partial charge in [-0.1, -0.05) is 58.1 Å². The van der Waals surface area contributed by atoms with E-state index in [-0.39, 0.29) is 11.7 Å². The number of rotatable bonds is 3. The molecule has 0 aliphatic heterocycles. The Bertz CT molecular complexity index is 542. The average Bonchev–Trinajstić information content (AvgIpc) is 2.38. The predicted octanol–water partition coefficient (Wildman–Crippen LogP) is 4.40. The van der Waals surface area contributed by atoms with E-state index in [1.165, 1.54) is 11.6 Å². The van der Waals surface area contributed by atoms with Crippen molar-refractivity contribution in [1.29, 1.82) is 0 Å². The molecule has 0 spiro atoms. The number of halogens is 1. The summed E-state index contributed by atoms with van der Waals surface area (Å²) in [7, 11) is 0. The third-order valence-corrected chi connectivity index (χ3v) is 4.18. The fourth-order valence-electron chi connectivity index (χ4n) is 2.92. The summed E-state index contributed by atoms with van der Waals surface area (Å²) in [5, 5.41) is 0. The van der Waals surface area contributed by atoms with Crippen LogP contribution in [0, 0.1) is 23.6 Å². The van der Waals surface area contributed by atoms with Crippen LogP contribution in [-0.2, 0) is 5.54 Å². The molecule has 20 heavy (non-hydrogen) atoms. The molecule has 1 aromatic rings. The van der Waals surface area contributed by atoms with Crippen LogP contribution < -0.4 is 5.73 Å². The molecule has 2 rings (SSSR count). The molecule has 2 N–H and O–H groups in total. The first kappa shape index (κ1) is 15.0. The molecular weight excluding hydrogens is 249 g/mol. The Balaban J connectivity index is 2.47. The van der Waals surface area contributed by atoms with E-state index in [2.05, 4.69) is 39.8 Å². The summed E-state index contributed by atoms with van der Waals surface area (Å²) in [6.07, 6.45) is 6.40. The molecule has 0 bridgehead atoms. The van der Waals surface area contributed by atoms with E-state index >= 15 is 0 Å². The highest BCUT2D eigenvalue weighted by Gasteiger charge is 2.37. The maximum atomic E-state index is 13.5. The summed E-state index contributed by atoms with van der Waals surface area (Å²) in [5.41, 5.74) is 8.17. The predicted molar refractivity (Wildman–Crippen MR) is 82.7 cm³/mol. The molecule has 2 atom stereocenters. The molecule has 0 amide bonds. The van der Waals surface area contributed by atoms with Gasteiger partial charge in [0.25, 0.3) is 0 Å². The minimum absolute atomic E-state index is 0.173. The quantitative estimate of drug-likeness (QED) is 0.867. The second-order valence-corrected chi connectivity index (χ2v) is 6.37. The Labute approximate surface area is 121 Å². The van der Waals surface area contributed by atoms with Crippen LogP contribution >= 0.6 is 0 Å². The minimum Gasteiger partial charge on any atom is -0.318 e. The zero-order chi connectivity index (χ0) is 14.9. The molecule has 1 nitrogen and oxygen atoms in total. The summed E-state index contributed by atoms with van der Waals surface area (Å²) >= 11 is 0. The summed E-state index contributed by atoms with van der Waals surface area (Å²) in [6, 6.07) is 6.65. The normalized spacial score (nSPS) is 26.2. The Kier molecular flexibility index (Phi) is 4.14. The van der Waals surface area contributed by atoms with Crippen LogP contribution in [0.3, 0.4) is 0 Å². The van der Waals surface area contributed by atoms with E-state index in [4.69, 9.17) is 5.73 Å². The first-order valence-electron chi connectivity index (χ1n) is 7.30. The van der Waals surface area contributed by atoms with Crippen LogP contribution in [-0.4, -0.2) is 0 Å². The van der Waals surface area contributed by atoms with Gasteiger partial charge in [-0.2, -0.15) is 0 Å². The summed E-state index contributed by atoms with van der Waals surface area (Å²) in [5.74, 6) is 0.806. The maximum Gasteiger partial charge on any atom is 0.123 e. The highest BCUT2D eigenvalue weighted by molar-refractivity contribution is 5.40. The molecule has 2 heteroatoms. The Morgan fingerprint density at radius 2 is 1.90 bits per heavy atom. The van der Waals surface area contributed by atoms with Gasteiger partial charge in [0.2, 0.25) is 0 Å². The number of allylic oxidation sites excluding steroid dienone is 2. The van der Waals surface area contributed by atoms with E-state index in [9.17, 15) is 4.39 Å². The van der Waals surface area contributed by atoms with Gasteiger partial charge >= 0.3 is 0 Å². The smallest absolute Gasteiger partial charge is 0.123 e. The molecule has 0 aromatic heterocycles. The largest absolute Gasteiger partial charge is 0.318 e. The summed E-state index contributed by atoms with van der Waals surface area (Å²) < 4.78 is 13.5. The molecule has 0 saturated heterocycles. The fourth-order valence-corrected chi connectivity index (χ4v) is 2.92. The molecule has 1 aromatic carbocycles. The molecule has 0 heterocycles. The monoisotopic (exact) mass is 273 g/mol. The number of benzene rings is 1. The third-order valence-electron chi connectivity index (χ3n) is 4.18. The minimum atomic E-state index is -0.630. The van der Waals surface area contributed by atoms with Gasteiger partial charge in [0.15, 0.2) is 0 Å². The van der Waals surface area contributed by atoms with Crippen molar-refractivity contribution in [3.05, 3.63) is 59.4 Å². The Morgan fingerprint density at radius 1 is 1.20 bits per heavy atom. The number of hydrogen-bond acceptors (Lipinski definition) is 1. The van der Waals surface area contributed by atoms with Crippen LogP contribution in [0.25, 0.3) is 0 Å². The van der Waals surface area contributed by atoms with Gasteiger partial charge in [-0.25, -0.2) is 4.39 Å². The maximum absolute atomic E-state index is 13.5. The lowest BCUT2D eigenvalue weighted by molar-refractivity contribution is 0.309. The first-order chi connectivity index (χ1) is 9.34. The SMILES string of the molecule is CC(C)C1=CC(C(C)C)C(N)(c2cccc(F)c2)C=C1. The molecule has 1 aliphatic carbocycles. The Morgan fingerprint density at radius 3 is 2.45 bits per heavy atom. The van der Waals surface area contributed by atoms with Crippen molar-refractivity contribution in [2.45, 2.75) is 33.2 Å². The van der Waals surface area contributed by atoms with E-state index < -0.39 is 5.54 Å². The van der Waals surface area contributed by atoms with Gasteiger partial charge in [0, 0.05) is 5.92 Å². The van der Waals surface area contributed by atoms with E-state index in [1.54, 1.807) is 12.1 Å². The van der Waals surface area contributed by atoms with E-state index in [0.29, 0.717) is 11.8 Å². The van der Waals surface area contributed by atoms with Crippen molar-refractivity contribution < 1.29 is 4.39 Å². The second-order valence-electron chi connectivity index (χ2n) is 6.37. The number of nitrogens with two attached hydrogens (primary N) is 1. The molecular formula is C18H24FN. The third kappa shape index (κ3) is 2.71. The second kappa shape index (κ2) is 5.53. The zero-order valence-electron chi connectivity index (χ0n) is 12.7. The fraction of sp³-hybridized carbons (Fsp3) is 0.444. The molecule has 0 saturated carbocycles. The zero-order valence-corrected chi connectivity index (χ0v) is 12.7. The van der Waals surface area contributed by atoms with Crippen molar-refractivity contribution in [2.24, 2.45) is 23.5 Å². The summed E-state index contributed by atoms with van der Waals surface area (Å²) in [4.78, 5) is 0. The molecule has 0 radical (unpaired) electrons. The Hall–Kier alpha value is -1.41. The van der Waals surface area contributed by atoms with Crippen LogP contribution in [0.2, 0.25) is 0 Å². The van der Waals surface area contributed by atoms with Gasteiger partial charge in [-0.15, -0.1) is 0 Å². The lowest BCUT2D eigenvalue weighted by atomic mass is 9.69. The molecule has 0 fully saturated rings. The van der Waals surface area contributed by atoms with Crippen molar-refractivity contribution in [2.75, 3.05) is 0 Å². The molecule has 1 aliphatic rings. The standard InChI is InChI=1S/C18H24FN/c1-12(2)14-8-9-18(20,17(10-14)13(3)4)15-6-5-7-16(19)11-15/h5-13,17H,20H2,1-4H3. The average molecular weight is 273 g/mol. The lowest BCUT2D eigenvalue weighted by Crippen LogP contribution is -2.45. The van der Waals surface area contributed by atoms with Crippen LogP contribution in [0.15, 0.2) is 48.1 Å². The highest BCUT2D eigenvalue weighted by atomic mass is 19.1. The van der Waals surface area contributed by atoms with Crippen LogP contribution in [0.4, 0.5) is 4.39 Å². The number of hydrogen-bond donors (Lipinski definition) is 1. The summed E-state index contributed by atoms with van der Waals surface area (Å²) in [6.45, 7) is 8.69. The van der Waals surface area contributed by atoms with Crippen molar-refractivity contribution in [3.63, 3.8) is 0 Å². The van der Waals surface area contributed by atoms with Crippen LogP contribution in [0.5, 0.6) is 0 Å². The van der Waals surface area contributed by atoms with Crippen molar-refractivity contribution in [1.82, 2.24) is 0 Å². The van der Waals surface area contributed by atoms with Gasteiger partial charge < -0.3 is 5.73 Å². The van der Waals surface area contributed by atoms with Crippen LogP contribution in [0.1, 0.15) is 33.3 Å². The van der Waals surface area contributed by atoms with Crippen molar-refractivity contribution >= 4 is 0 Å². The van der Waals surface area contributed by atoms with Gasteiger partial charge in [-0.05, 0) is 35.1 Å².